The van der Waals surface area contributed by atoms with Gasteiger partial charge >= 0.3 is 0 Å². The Bertz CT molecular complexity index is 275. The third-order valence-electron chi connectivity index (χ3n) is 3.26. The van der Waals surface area contributed by atoms with Crippen LogP contribution in [0.25, 0.3) is 0 Å². The van der Waals surface area contributed by atoms with Crippen LogP contribution < -0.4 is 0 Å². The van der Waals surface area contributed by atoms with Gasteiger partial charge in [0.2, 0.25) is 8.32 Å². The molecule has 16 heavy (non-hydrogen) atoms. The molecule has 0 aromatic heterocycles. The van der Waals surface area contributed by atoms with Gasteiger partial charge in [0, 0.05) is 6.42 Å². The summed E-state index contributed by atoms with van der Waals surface area (Å²) >= 11 is 0. The van der Waals surface area contributed by atoms with Gasteiger partial charge in [0.25, 0.3) is 0 Å². The lowest BCUT2D eigenvalue weighted by atomic mass is 9.74. The van der Waals surface area contributed by atoms with Crippen molar-refractivity contribution in [2.75, 3.05) is 0 Å². The van der Waals surface area contributed by atoms with E-state index in [4.69, 9.17) is 4.43 Å². The molecule has 0 heterocycles. The van der Waals surface area contributed by atoms with Gasteiger partial charge in [0.1, 0.15) is 0 Å². The number of hydrogen-bond acceptors (Lipinski definition) is 1. The normalized spacial score (nSPS) is 26.1. The fourth-order valence-corrected chi connectivity index (χ4v) is 3.39. The SMILES string of the molecule is C=CCC1(CC)C=C(O[Si](C)(C)C)CCC1. The molecule has 1 nitrogen and oxygen atoms in total. The zero-order valence-electron chi connectivity index (χ0n) is 11.3. The first-order valence-corrected chi connectivity index (χ1v) is 9.83. The zero-order chi connectivity index (χ0) is 12.2. The van der Waals surface area contributed by atoms with E-state index in [1.54, 1.807) is 0 Å². The van der Waals surface area contributed by atoms with Crippen molar-refractivity contribution in [2.24, 2.45) is 5.41 Å². The molecular formula is C14H26OSi. The Morgan fingerprint density at radius 1 is 1.50 bits per heavy atom. The van der Waals surface area contributed by atoms with E-state index in [1.165, 1.54) is 25.0 Å². The second-order valence-electron chi connectivity index (χ2n) is 5.89. The first-order valence-electron chi connectivity index (χ1n) is 6.42. The molecule has 1 atom stereocenters. The van der Waals surface area contributed by atoms with E-state index < -0.39 is 8.32 Å². The van der Waals surface area contributed by atoms with E-state index >= 15 is 0 Å². The van der Waals surface area contributed by atoms with Crippen LogP contribution in [-0.2, 0) is 4.43 Å². The molecule has 0 spiro atoms. The van der Waals surface area contributed by atoms with Crippen molar-refractivity contribution < 1.29 is 4.43 Å². The van der Waals surface area contributed by atoms with Crippen LogP contribution in [0.4, 0.5) is 0 Å². The molecule has 2 heteroatoms. The van der Waals surface area contributed by atoms with Crippen LogP contribution in [0.1, 0.15) is 39.0 Å². The van der Waals surface area contributed by atoms with Crippen molar-refractivity contribution >= 4 is 8.32 Å². The molecule has 0 aliphatic heterocycles. The predicted molar refractivity (Wildman–Crippen MR) is 73.9 cm³/mol. The Balaban J connectivity index is 2.81. The maximum absolute atomic E-state index is 6.15. The minimum absolute atomic E-state index is 0.328. The highest BCUT2D eigenvalue weighted by atomic mass is 28.4. The van der Waals surface area contributed by atoms with E-state index in [-0.39, 0.29) is 0 Å². The molecule has 1 aliphatic carbocycles. The average Bonchev–Trinajstić information content (AvgIpc) is 2.16. The summed E-state index contributed by atoms with van der Waals surface area (Å²) in [6.07, 6.45) is 10.4. The molecule has 0 saturated carbocycles. The number of rotatable bonds is 5. The summed E-state index contributed by atoms with van der Waals surface area (Å²) < 4.78 is 6.15. The highest BCUT2D eigenvalue weighted by Gasteiger charge is 2.30. The van der Waals surface area contributed by atoms with Gasteiger partial charge in [-0.1, -0.05) is 13.0 Å². The summed E-state index contributed by atoms with van der Waals surface area (Å²) in [6.45, 7) is 12.9. The molecule has 0 N–H and O–H groups in total. The van der Waals surface area contributed by atoms with Crippen molar-refractivity contribution in [1.29, 1.82) is 0 Å². The molecule has 0 saturated heterocycles. The van der Waals surface area contributed by atoms with Crippen molar-refractivity contribution in [3.8, 4) is 0 Å². The largest absolute Gasteiger partial charge is 0.548 e. The van der Waals surface area contributed by atoms with E-state index in [0.29, 0.717) is 5.41 Å². The van der Waals surface area contributed by atoms with Gasteiger partial charge in [-0.15, -0.1) is 6.58 Å². The van der Waals surface area contributed by atoms with Crippen LogP contribution in [0, 0.1) is 5.41 Å². The first kappa shape index (κ1) is 13.6. The van der Waals surface area contributed by atoms with Gasteiger partial charge < -0.3 is 4.43 Å². The maximum Gasteiger partial charge on any atom is 0.241 e. The number of allylic oxidation sites excluding steroid dienone is 3. The van der Waals surface area contributed by atoms with Crippen LogP contribution >= 0.6 is 0 Å². The Labute approximate surface area is 102 Å². The standard InChI is InChI=1S/C14H26OSi/c1-6-10-14(7-2)11-8-9-13(12-14)15-16(3,4)5/h6,12H,1,7-11H2,2-5H3. The van der Waals surface area contributed by atoms with Gasteiger partial charge in [0.05, 0.1) is 5.76 Å². The summed E-state index contributed by atoms with van der Waals surface area (Å²) in [4.78, 5) is 0. The predicted octanol–water partition coefficient (Wildman–Crippen LogP) is 4.88. The summed E-state index contributed by atoms with van der Waals surface area (Å²) in [5.74, 6) is 1.24. The number of hydrogen-bond donors (Lipinski definition) is 0. The van der Waals surface area contributed by atoms with E-state index in [0.717, 1.165) is 12.8 Å². The van der Waals surface area contributed by atoms with Gasteiger partial charge in [-0.25, -0.2) is 0 Å². The van der Waals surface area contributed by atoms with Crippen molar-refractivity contribution in [1.82, 2.24) is 0 Å². The highest BCUT2D eigenvalue weighted by Crippen LogP contribution is 2.41. The van der Waals surface area contributed by atoms with Crippen molar-refractivity contribution in [3.05, 3.63) is 24.5 Å². The van der Waals surface area contributed by atoms with E-state index in [2.05, 4.69) is 45.3 Å². The fourth-order valence-electron chi connectivity index (χ4n) is 2.45. The highest BCUT2D eigenvalue weighted by molar-refractivity contribution is 6.70. The minimum atomic E-state index is -1.44. The third-order valence-corrected chi connectivity index (χ3v) is 4.13. The van der Waals surface area contributed by atoms with Gasteiger partial charge in [0.15, 0.2) is 0 Å². The Hall–Kier alpha value is -0.503. The molecule has 1 rings (SSSR count). The van der Waals surface area contributed by atoms with Crippen molar-refractivity contribution in [3.63, 3.8) is 0 Å². The lowest BCUT2D eigenvalue weighted by Gasteiger charge is -2.35. The second-order valence-corrected chi connectivity index (χ2v) is 10.3. The fraction of sp³-hybridized carbons (Fsp3) is 0.714. The molecule has 0 aromatic rings. The van der Waals surface area contributed by atoms with Gasteiger partial charge in [-0.2, -0.15) is 0 Å². The van der Waals surface area contributed by atoms with Crippen LogP contribution in [0.2, 0.25) is 19.6 Å². The maximum atomic E-state index is 6.15. The molecule has 0 radical (unpaired) electrons. The summed E-state index contributed by atoms with van der Waals surface area (Å²) in [7, 11) is -1.44. The summed E-state index contributed by atoms with van der Waals surface area (Å²) in [5, 5.41) is 0. The third kappa shape index (κ3) is 3.82. The average molecular weight is 238 g/mol. The molecule has 0 bridgehead atoms. The van der Waals surface area contributed by atoms with Crippen molar-refractivity contribution in [2.45, 2.75) is 58.7 Å². The van der Waals surface area contributed by atoms with Gasteiger partial charge in [-0.05, 0) is 56.8 Å². The Morgan fingerprint density at radius 2 is 2.19 bits per heavy atom. The Morgan fingerprint density at radius 3 is 2.69 bits per heavy atom. The van der Waals surface area contributed by atoms with E-state index in [1.807, 2.05) is 0 Å². The smallest absolute Gasteiger partial charge is 0.241 e. The molecular weight excluding hydrogens is 212 g/mol. The van der Waals surface area contributed by atoms with Crippen LogP contribution in [0.5, 0.6) is 0 Å². The van der Waals surface area contributed by atoms with Crippen LogP contribution in [0.15, 0.2) is 24.5 Å². The lowest BCUT2D eigenvalue weighted by molar-refractivity contribution is 0.270. The second kappa shape index (κ2) is 5.22. The monoisotopic (exact) mass is 238 g/mol. The molecule has 0 fully saturated rings. The molecule has 1 aliphatic rings. The van der Waals surface area contributed by atoms with Gasteiger partial charge in [-0.3, -0.25) is 0 Å². The topological polar surface area (TPSA) is 9.23 Å². The van der Waals surface area contributed by atoms with Crippen LogP contribution in [-0.4, -0.2) is 8.32 Å². The quantitative estimate of drug-likeness (QED) is 0.490. The Kier molecular flexibility index (Phi) is 4.42. The molecule has 92 valence electrons. The molecule has 1 unspecified atom stereocenters. The molecule has 0 amide bonds. The zero-order valence-corrected chi connectivity index (χ0v) is 12.3. The lowest BCUT2D eigenvalue weighted by Crippen LogP contribution is -2.28. The van der Waals surface area contributed by atoms with E-state index in [9.17, 15) is 0 Å². The summed E-state index contributed by atoms with van der Waals surface area (Å²) in [5.41, 5.74) is 0.328. The molecule has 0 aromatic carbocycles. The summed E-state index contributed by atoms with van der Waals surface area (Å²) in [6, 6.07) is 0. The minimum Gasteiger partial charge on any atom is -0.548 e. The van der Waals surface area contributed by atoms with Crippen LogP contribution in [0.3, 0.4) is 0 Å². The first-order chi connectivity index (χ1) is 7.41.